The highest BCUT2D eigenvalue weighted by Gasteiger charge is 2.07. The Morgan fingerprint density at radius 1 is 1.14 bits per heavy atom. The number of nitrogens with two attached hydrogens (primary N) is 1. The maximum atomic E-state index is 13.1. The zero-order valence-corrected chi connectivity index (χ0v) is 13.9. The van der Waals surface area contributed by atoms with Crippen LogP contribution >= 0.6 is 11.8 Å². The van der Waals surface area contributed by atoms with Crippen molar-refractivity contribution in [3.63, 3.8) is 0 Å². The van der Waals surface area contributed by atoms with Crippen molar-refractivity contribution in [3.8, 4) is 0 Å². The molecule has 0 saturated heterocycles. The van der Waals surface area contributed by atoms with E-state index in [0.717, 1.165) is 17.1 Å². The van der Waals surface area contributed by atoms with Crippen molar-refractivity contribution in [2.24, 2.45) is 5.84 Å². The SMILES string of the molecule is CCCCCCCCCC(CSc1cccc(F)c1)NN. The largest absolute Gasteiger partial charge is 0.271 e. The summed E-state index contributed by atoms with van der Waals surface area (Å²) in [5, 5.41) is 0. The first kappa shape index (κ1) is 18.5. The van der Waals surface area contributed by atoms with E-state index in [-0.39, 0.29) is 5.82 Å². The van der Waals surface area contributed by atoms with Gasteiger partial charge in [-0.05, 0) is 24.6 Å². The lowest BCUT2D eigenvalue weighted by Gasteiger charge is -2.15. The van der Waals surface area contributed by atoms with Crippen molar-refractivity contribution < 1.29 is 4.39 Å². The number of unbranched alkanes of at least 4 members (excludes halogenated alkanes) is 6. The Labute approximate surface area is 133 Å². The molecule has 2 nitrogen and oxygen atoms in total. The molecule has 3 N–H and O–H groups in total. The van der Waals surface area contributed by atoms with Crippen LogP contribution in [0.2, 0.25) is 0 Å². The summed E-state index contributed by atoms with van der Waals surface area (Å²) >= 11 is 1.66. The van der Waals surface area contributed by atoms with Crippen LogP contribution in [0, 0.1) is 5.82 Å². The van der Waals surface area contributed by atoms with E-state index < -0.39 is 0 Å². The van der Waals surface area contributed by atoms with E-state index >= 15 is 0 Å². The first-order chi connectivity index (χ1) is 10.3. The minimum absolute atomic E-state index is 0.177. The van der Waals surface area contributed by atoms with E-state index in [9.17, 15) is 4.39 Å². The van der Waals surface area contributed by atoms with E-state index in [1.54, 1.807) is 23.9 Å². The molecule has 0 amide bonds. The quantitative estimate of drug-likeness (QED) is 0.250. The summed E-state index contributed by atoms with van der Waals surface area (Å²) in [6, 6.07) is 7.04. The third-order valence-corrected chi connectivity index (χ3v) is 4.80. The van der Waals surface area contributed by atoms with Gasteiger partial charge in [-0.15, -0.1) is 11.8 Å². The molecule has 0 aliphatic heterocycles. The van der Waals surface area contributed by atoms with Crippen LogP contribution in [-0.4, -0.2) is 11.8 Å². The molecule has 0 aliphatic carbocycles. The molecule has 4 heteroatoms. The second-order valence-corrected chi connectivity index (χ2v) is 6.64. The lowest BCUT2D eigenvalue weighted by Crippen LogP contribution is -2.36. The van der Waals surface area contributed by atoms with Crippen molar-refractivity contribution in [3.05, 3.63) is 30.1 Å². The number of hydrogen-bond donors (Lipinski definition) is 2. The fourth-order valence-electron chi connectivity index (χ4n) is 2.32. The van der Waals surface area contributed by atoms with E-state index in [4.69, 9.17) is 5.84 Å². The highest BCUT2D eigenvalue weighted by Crippen LogP contribution is 2.21. The Kier molecular flexibility index (Phi) is 10.6. The summed E-state index contributed by atoms with van der Waals surface area (Å²) in [6.45, 7) is 2.24. The van der Waals surface area contributed by atoms with Crippen LogP contribution in [0.3, 0.4) is 0 Å². The average molecular weight is 312 g/mol. The highest BCUT2D eigenvalue weighted by atomic mass is 32.2. The number of nitrogens with one attached hydrogen (secondary N) is 1. The zero-order chi connectivity index (χ0) is 15.3. The maximum absolute atomic E-state index is 13.1. The minimum atomic E-state index is -0.177. The summed E-state index contributed by atoms with van der Waals surface area (Å²) in [4.78, 5) is 0.967. The van der Waals surface area contributed by atoms with Crippen LogP contribution in [-0.2, 0) is 0 Å². The molecular formula is C17H29FN2S. The smallest absolute Gasteiger partial charge is 0.124 e. The van der Waals surface area contributed by atoms with Crippen LogP contribution in [0.5, 0.6) is 0 Å². The van der Waals surface area contributed by atoms with Crippen LogP contribution in [0.1, 0.15) is 58.3 Å². The van der Waals surface area contributed by atoms with Crippen LogP contribution in [0.4, 0.5) is 4.39 Å². The van der Waals surface area contributed by atoms with Gasteiger partial charge in [0.25, 0.3) is 0 Å². The number of benzene rings is 1. The maximum Gasteiger partial charge on any atom is 0.124 e. The Balaban J connectivity index is 2.11. The topological polar surface area (TPSA) is 38.0 Å². The van der Waals surface area contributed by atoms with Gasteiger partial charge in [-0.3, -0.25) is 11.3 Å². The third kappa shape index (κ3) is 9.12. The van der Waals surface area contributed by atoms with Crippen LogP contribution in [0.15, 0.2) is 29.2 Å². The van der Waals surface area contributed by atoms with Gasteiger partial charge < -0.3 is 0 Å². The number of thioether (sulfide) groups is 1. The first-order valence-electron chi connectivity index (χ1n) is 8.10. The molecule has 1 rings (SSSR count). The fourth-order valence-corrected chi connectivity index (χ4v) is 3.34. The van der Waals surface area contributed by atoms with E-state index in [1.165, 1.54) is 51.0 Å². The summed E-state index contributed by atoms with van der Waals surface area (Å²) in [5.41, 5.74) is 2.88. The average Bonchev–Trinajstić information content (AvgIpc) is 2.49. The molecule has 0 spiro atoms. The van der Waals surface area contributed by atoms with Crippen molar-refractivity contribution in [1.29, 1.82) is 0 Å². The van der Waals surface area contributed by atoms with Gasteiger partial charge in [0.2, 0.25) is 0 Å². The van der Waals surface area contributed by atoms with E-state index in [0.29, 0.717) is 6.04 Å². The third-order valence-electron chi connectivity index (χ3n) is 3.64. The standard InChI is InChI=1S/C17H29FN2S/c1-2-3-4-5-6-7-8-11-16(20-19)14-21-17-12-9-10-15(18)13-17/h9-10,12-13,16,20H,2-8,11,14,19H2,1H3. The first-order valence-corrected chi connectivity index (χ1v) is 9.09. The summed E-state index contributed by atoms with van der Waals surface area (Å²) in [6.07, 6.45) is 10.3. The van der Waals surface area contributed by atoms with E-state index in [2.05, 4.69) is 12.3 Å². The molecule has 1 unspecified atom stereocenters. The lowest BCUT2D eigenvalue weighted by atomic mass is 10.1. The van der Waals surface area contributed by atoms with Gasteiger partial charge in [-0.2, -0.15) is 0 Å². The van der Waals surface area contributed by atoms with Gasteiger partial charge >= 0.3 is 0 Å². The summed E-state index contributed by atoms with van der Waals surface area (Å²) < 4.78 is 13.1. The molecule has 21 heavy (non-hydrogen) atoms. The van der Waals surface area contributed by atoms with E-state index in [1.807, 2.05) is 6.07 Å². The van der Waals surface area contributed by atoms with Gasteiger partial charge in [0, 0.05) is 16.7 Å². The van der Waals surface area contributed by atoms with Crippen molar-refractivity contribution in [2.45, 2.75) is 69.2 Å². The molecule has 0 heterocycles. The van der Waals surface area contributed by atoms with Gasteiger partial charge in [0.15, 0.2) is 0 Å². The number of halogens is 1. The lowest BCUT2D eigenvalue weighted by molar-refractivity contribution is 0.492. The number of hydrogen-bond acceptors (Lipinski definition) is 3. The molecule has 0 radical (unpaired) electrons. The monoisotopic (exact) mass is 312 g/mol. The summed E-state index contributed by atoms with van der Waals surface area (Å²) in [7, 11) is 0. The van der Waals surface area contributed by atoms with Gasteiger partial charge in [-0.1, -0.05) is 57.9 Å². The molecule has 1 atom stereocenters. The summed E-state index contributed by atoms with van der Waals surface area (Å²) in [5.74, 6) is 6.32. The zero-order valence-electron chi connectivity index (χ0n) is 13.1. The molecular weight excluding hydrogens is 283 g/mol. The Bertz CT molecular complexity index is 374. The normalized spacial score (nSPS) is 12.5. The second kappa shape index (κ2) is 12.0. The van der Waals surface area contributed by atoms with Gasteiger partial charge in [0.05, 0.1) is 0 Å². The highest BCUT2D eigenvalue weighted by molar-refractivity contribution is 7.99. The molecule has 0 saturated carbocycles. The molecule has 1 aromatic rings. The molecule has 0 aliphatic rings. The van der Waals surface area contributed by atoms with Crippen molar-refractivity contribution in [2.75, 3.05) is 5.75 Å². The van der Waals surface area contributed by atoms with Crippen molar-refractivity contribution >= 4 is 11.8 Å². The second-order valence-electron chi connectivity index (χ2n) is 5.54. The molecule has 1 aromatic carbocycles. The fraction of sp³-hybridized carbons (Fsp3) is 0.647. The molecule has 0 fully saturated rings. The minimum Gasteiger partial charge on any atom is -0.271 e. The number of hydrazine groups is 1. The Morgan fingerprint density at radius 3 is 2.52 bits per heavy atom. The van der Waals surface area contributed by atoms with Gasteiger partial charge in [0.1, 0.15) is 5.82 Å². The molecule has 0 aromatic heterocycles. The van der Waals surface area contributed by atoms with Crippen molar-refractivity contribution in [1.82, 2.24) is 5.43 Å². The van der Waals surface area contributed by atoms with Crippen LogP contribution in [0.25, 0.3) is 0 Å². The van der Waals surface area contributed by atoms with Gasteiger partial charge in [-0.25, -0.2) is 4.39 Å². The Hall–Kier alpha value is -0.580. The van der Waals surface area contributed by atoms with Crippen LogP contribution < -0.4 is 11.3 Å². The molecule has 0 bridgehead atoms. The number of rotatable bonds is 12. The molecule has 120 valence electrons. The Morgan fingerprint density at radius 2 is 1.86 bits per heavy atom. The predicted octanol–water partition coefficient (Wildman–Crippen LogP) is 4.89. The predicted molar refractivity (Wildman–Crippen MR) is 90.8 cm³/mol.